The van der Waals surface area contributed by atoms with Crippen molar-refractivity contribution in [3.05, 3.63) is 29.0 Å². The minimum atomic E-state index is -1.47. The molecule has 1 aromatic rings. The zero-order chi connectivity index (χ0) is 9.14. The van der Waals surface area contributed by atoms with E-state index in [2.05, 4.69) is 4.98 Å². The Kier molecular flexibility index (Phi) is 3.00. The zero-order valence-corrected chi connectivity index (χ0v) is 7.29. The summed E-state index contributed by atoms with van der Waals surface area (Å²) in [5.41, 5.74) is 0.164. The molecule has 0 unspecified atom stereocenters. The number of aliphatic hydroxyl groups excluding tert-OH is 1. The highest BCUT2D eigenvalue weighted by Crippen LogP contribution is 2.20. The third-order valence-electron chi connectivity index (χ3n) is 1.44. The second-order valence-electron chi connectivity index (χ2n) is 2.53. The number of rotatable bonds is 2. The smallest absolute Gasteiger partial charge is 0.167 e. The Labute approximate surface area is 75.0 Å². The Morgan fingerprint density at radius 1 is 1.58 bits per heavy atom. The molecule has 0 saturated heterocycles. The topological polar surface area (TPSA) is 33.1 Å². The van der Waals surface area contributed by atoms with Gasteiger partial charge < -0.3 is 5.11 Å². The molecule has 0 aromatic carbocycles. The predicted octanol–water partition coefficient (Wildman–Crippen LogP) is 2.13. The fourth-order valence-electron chi connectivity index (χ4n) is 0.825. The first kappa shape index (κ1) is 9.42. The third-order valence-corrected chi connectivity index (χ3v) is 1.65. The molecule has 0 amide bonds. The van der Waals surface area contributed by atoms with E-state index in [0.717, 1.165) is 0 Å². The third kappa shape index (κ3) is 2.16. The number of alkyl halides is 1. The maximum atomic E-state index is 13.1. The summed E-state index contributed by atoms with van der Waals surface area (Å²) in [6.07, 6.45) is -2.53. The molecule has 0 radical (unpaired) electrons. The summed E-state index contributed by atoms with van der Waals surface area (Å²) in [6.45, 7) is 1.37. The monoisotopic (exact) mass is 189 g/mol. The number of hydrogen-bond acceptors (Lipinski definition) is 2. The summed E-state index contributed by atoms with van der Waals surface area (Å²) in [5.74, 6) is 0. The number of halogens is 2. The summed E-state index contributed by atoms with van der Waals surface area (Å²) in [5, 5.41) is 9.14. The number of nitrogens with zero attached hydrogens (tertiary/aromatic N) is 1. The molecular formula is C8H9ClFNO. The molecule has 1 N–H and O–H groups in total. The molecule has 0 aliphatic carbocycles. The van der Waals surface area contributed by atoms with Gasteiger partial charge in [-0.25, -0.2) is 9.37 Å². The van der Waals surface area contributed by atoms with Gasteiger partial charge >= 0.3 is 0 Å². The van der Waals surface area contributed by atoms with Crippen LogP contribution in [-0.2, 0) is 0 Å². The molecule has 0 bridgehead atoms. The van der Waals surface area contributed by atoms with Gasteiger partial charge in [-0.05, 0) is 19.1 Å². The van der Waals surface area contributed by atoms with Crippen LogP contribution in [0.5, 0.6) is 0 Å². The van der Waals surface area contributed by atoms with Gasteiger partial charge in [0.1, 0.15) is 5.15 Å². The zero-order valence-electron chi connectivity index (χ0n) is 6.54. The summed E-state index contributed by atoms with van der Waals surface area (Å²) in [4.78, 5) is 3.72. The maximum absolute atomic E-state index is 13.1. The lowest BCUT2D eigenvalue weighted by Gasteiger charge is -2.09. The first-order valence-electron chi connectivity index (χ1n) is 3.56. The van der Waals surface area contributed by atoms with E-state index in [0.29, 0.717) is 0 Å². The van der Waals surface area contributed by atoms with Gasteiger partial charge in [-0.2, -0.15) is 0 Å². The molecule has 2 nitrogen and oxygen atoms in total. The van der Waals surface area contributed by atoms with E-state index in [9.17, 15) is 4.39 Å². The highest BCUT2D eigenvalue weighted by Gasteiger charge is 2.16. The van der Waals surface area contributed by atoms with Gasteiger partial charge in [-0.1, -0.05) is 17.7 Å². The largest absolute Gasteiger partial charge is 0.390 e. The van der Waals surface area contributed by atoms with Crippen LogP contribution in [0.15, 0.2) is 18.2 Å². The van der Waals surface area contributed by atoms with E-state index in [4.69, 9.17) is 16.7 Å². The van der Waals surface area contributed by atoms with Crippen molar-refractivity contribution in [1.82, 2.24) is 4.98 Å². The average Bonchev–Trinajstić information content (AvgIpc) is 2.03. The second kappa shape index (κ2) is 3.83. The molecule has 4 heteroatoms. The second-order valence-corrected chi connectivity index (χ2v) is 2.91. The Balaban J connectivity index is 2.88. The first-order chi connectivity index (χ1) is 5.61. The molecule has 1 aromatic heterocycles. The molecule has 0 fully saturated rings. The van der Waals surface area contributed by atoms with Crippen LogP contribution in [0.2, 0.25) is 5.15 Å². The molecule has 2 atom stereocenters. The number of aliphatic hydroxyl groups is 1. The number of pyridine rings is 1. The van der Waals surface area contributed by atoms with Crippen LogP contribution in [0.4, 0.5) is 4.39 Å². The van der Waals surface area contributed by atoms with Crippen LogP contribution in [0.1, 0.15) is 18.8 Å². The summed E-state index contributed by atoms with van der Waals surface area (Å²) < 4.78 is 13.1. The van der Waals surface area contributed by atoms with E-state index < -0.39 is 12.3 Å². The van der Waals surface area contributed by atoms with Crippen LogP contribution in [-0.4, -0.2) is 16.2 Å². The molecule has 0 aliphatic heterocycles. The fraction of sp³-hybridized carbons (Fsp3) is 0.375. The van der Waals surface area contributed by atoms with Crippen LogP contribution in [0, 0.1) is 0 Å². The molecule has 0 aliphatic rings. The molecule has 1 heterocycles. The van der Waals surface area contributed by atoms with Crippen LogP contribution in [0.3, 0.4) is 0 Å². The number of hydrogen-bond donors (Lipinski definition) is 1. The Morgan fingerprint density at radius 2 is 2.25 bits per heavy atom. The molecule has 0 spiro atoms. The SMILES string of the molecule is C[C@H](O)[C@H](F)c1cccc(Cl)n1. The van der Waals surface area contributed by atoms with Crippen LogP contribution < -0.4 is 0 Å². The van der Waals surface area contributed by atoms with E-state index in [-0.39, 0.29) is 10.8 Å². The lowest BCUT2D eigenvalue weighted by atomic mass is 10.2. The van der Waals surface area contributed by atoms with E-state index in [1.807, 2.05) is 0 Å². The van der Waals surface area contributed by atoms with Gasteiger partial charge in [0.05, 0.1) is 11.8 Å². The fourth-order valence-corrected chi connectivity index (χ4v) is 0.995. The van der Waals surface area contributed by atoms with Gasteiger partial charge in [-0.15, -0.1) is 0 Å². The Morgan fingerprint density at radius 3 is 2.75 bits per heavy atom. The van der Waals surface area contributed by atoms with Crippen molar-refractivity contribution in [2.45, 2.75) is 19.2 Å². The summed E-state index contributed by atoms with van der Waals surface area (Å²) in [6, 6.07) is 4.64. The van der Waals surface area contributed by atoms with Gasteiger partial charge in [0, 0.05) is 0 Å². The van der Waals surface area contributed by atoms with E-state index in [1.54, 1.807) is 12.1 Å². The maximum Gasteiger partial charge on any atom is 0.167 e. The van der Waals surface area contributed by atoms with Crippen molar-refractivity contribution in [3.63, 3.8) is 0 Å². The Hall–Kier alpha value is -0.670. The van der Waals surface area contributed by atoms with E-state index in [1.165, 1.54) is 13.0 Å². The molecule has 66 valence electrons. The quantitative estimate of drug-likeness (QED) is 0.723. The lowest BCUT2D eigenvalue weighted by Crippen LogP contribution is -2.10. The average molecular weight is 190 g/mol. The standard InChI is InChI=1S/C8H9ClFNO/c1-5(12)8(10)6-3-2-4-7(9)11-6/h2-5,8,12H,1H3/t5-,8-/m0/s1. The molecule has 12 heavy (non-hydrogen) atoms. The highest BCUT2D eigenvalue weighted by molar-refractivity contribution is 6.29. The van der Waals surface area contributed by atoms with Crippen LogP contribution in [0.25, 0.3) is 0 Å². The Bertz CT molecular complexity index is 267. The van der Waals surface area contributed by atoms with Crippen LogP contribution >= 0.6 is 11.6 Å². The van der Waals surface area contributed by atoms with Crippen molar-refractivity contribution in [2.75, 3.05) is 0 Å². The summed E-state index contributed by atoms with van der Waals surface area (Å²) in [7, 11) is 0. The van der Waals surface area contributed by atoms with Crippen molar-refractivity contribution < 1.29 is 9.50 Å². The van der Waals surface area contributed by atoms with E-state index >= 15 is 0 Å². The van der Waals surface area contributed by atoms with Crippen molar-refractivity contribution >= 4 is 11.6 Å². The first-order valence-corrected chi connectivity index (χ1v) is 3.93. The van der Waals surface area contributed by atoms with Gasteiger partial charge in [0.25, 0.3) is 0 Å². The molecule has 1 rings (SSSR count). The van der Waals surface area contributed by atoms with Gasteiger partial charge in [0.15, 0.2) is 6.17 Å². The molecule has 0 saturated carbocycles. The van der Waals surface area contributed by atoms with Crippen molar-refractivity contribution in [2.24, 2.45) is 0 Å². The lowest BCUT2D eigenvalue weighted by molar-refractivity contribution is 0.0908. The minimum absolute atomic E-state index is 0.164. The molecular weight excluding hydrogens is 181 g/mol. The summed E-state index contributed by atoms with van der Waals surface area (Å²) >= 11 is 5.53. The van der Waals surface area contributed by atoms with Crippen molar-refractivity contribution in [3.8, 4) is 0 Å². The predicted molar refractivity (Wildman–Crippen MR) is 44.8 cm³/mol. The highest BCUT2D eigenvalue weighted by atomic mass is 35.5. The van der Waals surface area contributed by atoms with Gasteiger partial charge in [0.2, 0.25) is 0 Å². The minimum Gasteiger partial charge on any atom is -0.390 e. The van der Waals surface area contributed by atoms with Crippen molar-refractivity contribution in [1.29, 1.82) is 0 Å². The van der Waals surface area contributed by atoms with Gasteiger partial charge in [-0.3, -0.25) is 0 Å². The normalized spacial score (nSPS) is 15.7. The number of aromatic nitrogens is 1.